The lowest BCUT2D eigenvalue weighted by Crippen LogP contribution is -2.35. The minimum absolute atomic E-state index is 0.109. The van der Waals surface area contributed by atoms with E-state index in [0.717, 1.165) is 23.3 Å². The minimum Gasteiger partial charge on any atom is -0.491 e. The Bertz CT molecular complexity index is 2350. The number of carbonyl (C=O) groups excluding carboxylic acids is 2. The number of halogens is 2. The predicted molar refractivity (Wildman–Crippen MR) is 235 cm³/mol. The smallest absolute Gasteiger partial charge is 0.240 e. The van der Waals surface area contributed by atoms with E-state index >= 15 is 8.78 Å². The first kappa shape index (κ1) is 43.6. The molecule has 0 spiro atoms. The summed E-state index contributed by atoms with van der Waals surface area (Å²) >= 11 is 0. The van der Waals surface area contributed by atoms with Crippen LogP contribution >= 0.6 is 0 Å². The zero-order chi connectivity index (χ0) is 44.6. The molecule has 2 aromatic carbocycles. The van der Waals surface area contributed by atoms with Gasteiger partial charge in [-0.2, -0.15) is 0 Å². The molecule has 2 aromatic rings. The molecule has 1 fully saturated rings. The van der Waals surface area contributed by atoms with E-state index in [2.05, 4.69) is 30.6 Å². The third kappa shape index (κ3) is 10.4. The fourth-order valence-corrected chi connectivity index (χ4v) is 7.56. The quantitative estimate of drug-likeness (QED) is 0.303. The maximum Gasteiger partial charge on any atom is 0.240 e. The Morgan fingerprint density at radius 1 is 0.600 bits per heavy atom. The second-order valence-electron chi connectivity index (χ2n) is 15.6. The number of amides is 2. The van der Waals surface area contributed by atoms with Crippen molar-refractivity contribution < 1.29 is 56.3 Å². The van der Waals surface area contributed by atoms with Crippen LogP contribution in [0.25, 0.3) is 0 Å². The molecule has 0 saturated heterocycles. The molecule has 0 radical (unpaired) electrons. The van der Waals surface area contributed by atoms with Crippen LogP contribution in [-0.2, 0) is 38.0 Å². The number of rotatable bonds is 6. The van der Waals surface area contributed by atoms with E-state index < -0.39 is 40.7 Å². The van der Waals surface area contributed by atoms with Gasteiger partial charge in [-0.15, -0.1) is 0 Å². The van der Waals surface area contributed by atoms with E-state index in [0.29, 0.717) is 102 Å². The molecule has 338 valence electrons. The standard InChI is InChI=1S/C47H46F2N6O10/c48-35-23-31(5-7-39(35)64-43-33-25-41-29(21-37(33)50-27-52-43)3-1-11-58-13-15-60-17-19-62-41)54-45(56)47(9-10-47)46(57)55-32-6-8-40(36(49)24-32)65-44-34-26-42-30(22-38(34)51-28-53-44)4-2-12-59-14-16-61-18-20-63-42/h3-8,21-28,33-34H,1-2,9-20H2,(H,54,56)(H,55,57)/b29-3-,30-4-. The zero-order valence-electron chi connectivity index (χ0n) is 35.3. The van der Waals surface area contributed by atoms with Crippen LogP contribution in [0.2, 0.25) is 0 Å². The second kappa shape index (κ2) is 20.1. The first-order valence-electron chi connectivity index (χ1n) is 21.5. The highest BCUT2D eigenvalue weighted by Gasteiger charge is 2.56. The van der Waals surface area contributed by atoms with Gasteiger partial charge in [0.15, 0.2) is 23.1 Å². The van der Waals surface area contributed by atoms with Crippen LogP contribution < -0.4 is 20.1 Å². The number of carbonyl (C=O) groups is 2. The summed E-state index contributed by atoms with van der Waals surface area (Å²) in [4.78, 5) is 44.5. The molecule has 2 unspecified atom stereocenters. The van der Waals surface area contributed by atoms with Crippen LogP contribution in [0.4, 0.5) is 20.2 Å². The monoisotopic (exact) mass is 892 g/mol. The third-order valence-corrected chi connectivity index (χ3v) is 11.2. The average Bonchev–Trinajstić information content (AvgIpc) is 4.11. The molecule has 9 rings (SSSR count). The van der Waals surface area contributed by atoms with Gasteiger partial charge < -0.3 is 48.5 Å². The lowest BCUT2D eigenvalue weighted by Gasteiger charge is -2.26. The fourth-order valence-electron chi connectivity index (χ4n) is 7.56. The first-order valence-corrected chi connectivity index (χ1v) is 21.5. The summed E-state index contributed by atoms with van der Waals surface area (Å²) in [6, 6.07) is 7.86. The number of hydrogen-bond donors (Lipinski definition) is 2. The summed E-state index contributed by atoms with van der Waals surface area (Å²) in [7, 11) is 0. The summed E-state index contributed by atoms with van der Waals surface area (Å²) in [5.74, 6) is -2.63. The van der Waals surface area contributed by atoms with E-state index in [1.165, 1.54) is 36.9 Å². The van der Waals surface area contributed by atoms with Crippen molar-refractivity contribution in [3.8, 4) is 11.5 Å². The molecule has 4 aliphatic heterocycles. The van der Waals surface area contributed by atoms with Crippen molar-refractivity contribution >= 4 is 47.7 Å². The summed E-state index contributed by atoms with van der Waals surface area (Å²) < 4.78 is 77.5. The van der Waals surface area contributed by atoms with Gasteiger partial charge in [0.05, 0.1) is 76.1 Å². The Balaban J connectivity index is 0.814. The normalized spacial score (nSPS) is 24.5. The largest absolute Gasteiger partial charge is 0.491 e. The number of nitrogens with zero attached hydrogens (tertiary/aromatic N) is 4. The Morgan fingerprint density at radius 3 is 1.46 bits per heavy atom. The van der Waals surface area contributed by atoms with Gasteiger partial charge in [0.1, 0.15) is 42.8 Å². The highest BCUT2D eigenvalue weighted by Crippen LogP contribution is 2.48. The number of benzene rings is 2. The van der Waals surface area contributed by atoms with E-state index in [1.54, 1.807) is 0 Å². The van der Waals surface area contributed by atoms with Crippen molar-refractivity contribution in [3.05, 3.63) is 119 Å². The van der Waals surface area contributed by atoms with Crippen LogP contribution in [-0.4, -0.2) is 102 Å². The van der Waals surface area contributed by atoms with Gasteiger partial charge in [0, 0.05) is 34.7 Å². The molecular weight excluding hydrogens is 847 g/mol. The van der Waals surface area contributed by atoms with Crippen LogP contribution in [0.1, 0.15) is 25.7 Å². The second-order valence-corrected chi connectivity index (χ2v) is 15.6. The lowest BCUT2D eigenvalue weighted by atomic mass is 9.93. The minimum atomic E-state index is -1.44. The van der Waals surface area contributed by atoms with Crippen molar-refractivity contribution in [2.24, 2.45) is 37.2 Å². The van der Waals surface area contributed by atoms with E-state index in [4.69, 9.17) is 37.9 Å². The molecule has 18 heteroatoms. The van der Waals surface area contributed by atoms with Gasteiger partial charge in [0.2, 0.25) is 23.6 Å². The van der Waals surface area contributed by atoms with Gasteiger partial charge in [-0.1, -0.05) is 12.2 Å². The molecule has 0 aromatic heterocycles. The predicted octanol–water partition coefficient (Wildman–Crippen LogP) is 6.52. The molecule has 0 bridgehead atoms. The van der Waals surface area contributed by atoms with Crippen molar-refractivity contribution in [2.75, 3.05) is 76.7 Å². The van der Waals surface area contributed by atoms with Gasteiger partial charge in [-0.05, 0) is 74.3 Å². The SMILES string of the molecule is O=C(Nc1ccc(OC2=NC=NC3=C/C4=C/CCOCCOCCOC4=CC32)c(F)c1)C1(C(=O)Nc2ccc(OC3=NC=NC4=C/C5=C/CCOCCOCCOC5=CC43)c(F)c2)CC1. The molecule has 1 saturated carbocycles. The number of nitrogens with one attached hydrogen (secondary N) is 2. The van der Waals surface area contributed by atoms with Gasteiger partial charge >= 0.3 is 0 Å². The van der Waals surface area contributed by atoms with Gasteiger partial charge in [-0.25, -0.2) is 28.8 Å². The Kier molecular flexibility index (Phi) is 13.5. The van der Waals surface area contributed by atoms with Crippen LogP contribution in [0, 0.1) is 28.9 Å². The van der Waals surface area contributed by atoms with Crippen molar-refractivity contribution in [1.29, 1.82) is 0 Å². The van der Waals surface area contributed by atoms with E-state index in [1.807, 2.05) is 36.5 Å². The van der Waals surface area contributed by atoms with Gasteiger partial charge in [-0.3, -0.25) is 9.59 Å². The van der Waals surface area contributed by atoms with Crippen LogP contribution in [0.3, 0.4) is 0 Å². The molecular formula is C47H46F2N6O10. The summed E-state index contributed by atoms with van der Waals surface area (Å²) in [6.45, 7) is 4.43. The summed E-state index contributed by atoms with van der Waals surface area (Å²) in [5, 5.41) is 5.31. The maximum absolute atomic E-state index is 15.6. The molecule has 2 amide bonds. The van der Waals surface area contributed by atoms with Crippen LogP contribution in [0.5, 0.6) is 11.5 Å². The fraction of sp³-hybridized carbons (Fsp3) is 0.362. The summed E-state index contributed by atoms with van der Waals surface area (Å²) in [6.07, 6.45) is 15.9. The molecule has 2 atom stereocenters. The topological polar surface area (TPSA) is 181 Å². The number of hydrogen-bond acceptors (Lipinski definition) is 14. The number of aliphatic imine (C=N–C) groups is 4. The highest BCUT2D eigenvalue weighted by atomic mass is 19.1. The Morgan fingerprint density at radius 2 is 1.03 bits per heavy atom. The number of allylic oxidation sites excluding steroid dienone is 2. The van der Waals surface area contributed by atoms with Gasteiger partial charge in [0.25, 0.3) is 0 Å². The Hall–Kier alpha value is -6.60. The molecule has 3 aliphatic carbocycles. The molecule has 2 N–H and O–H groups in total. The zero-order valence-corrected chi connectivity index (χ0v) is 35.3. The number of fused-ring (bicyclic) bond motifs is 4. The molecule has 65 heavy (non-hydrogen) atoms. The first-order chi connectivity index (χ1) is 31.8. The van der Waals surface area contributed by atoms with E-state index in [9.17, 15) is 9.59 Å². The maximum atomic E-state index is 15.6. The Labute approximate surface area is 372 Å². The van der Waals surface area contributed by atoms with Crippen molar-refractivity contribution in [3.63, 3.8) is 0 Å². The van der Waals surface area contributed by atoms with Crippen LogP contribution in [0.15, 0.2) is 127 Å². The molecule has 4 heterocycles. The molecule has 7 aliphatic rings. The lowest BCUT2D eigenvalue weighted by molar-refractivity contribution is -0.131. The average molecular weight is 893 g/mol. The third-order valence-electron chi connectivity index (χ3n) is 11.2. The summed E-state index contributed by atoms with van der Waals surface area (Å²) in [5.41, 5.74) is 1.72. The van der Waals surface area contributed by atoms with Crippen molar-refractivity contribution in [1.82, 2.24) is 0 Å². The van der Waals surface area contributed by atoms with Crippen molar-refractivity contribution in [2.45, 2.75) is 25.7 Å². The van der Waals surface area contributed by atoms with E-state index in [-0.39, 0.29) is 47.5 Å². The highest BCUT2D eigenvalue weighted by molar-refractivity contribution is 6.17. The number of ether oxygens (including phenoxy) is 8. The number of anilines is 2. The molecule has 16 nitrogen and oxygen atoms in total.